The predicted octanol–water partition coefficient (Wildman–Crippen LogP) is 5.43. The van der Waals surface area contributed by atoms with Gasteiger partial charge in [-0.15, -0.1) is 0 Å². The van der Waals surface area contributed by atoms with Gasteiger partial charge >= 0.3 is 0 Å². The van der Waals surface area contributed by atoms with Gasteiger partial charge in [-0.05, 0) is 49.7 Å². The number of hydrogen-bond acceptors (Lipinski definition) is 5. The number of aromatic nitrogens is 1. The molecular formula is C16H18N4O2S. The van der Waals surface area contributed by atoms with Gasteiger partial charge in [0.1, 0.15) is 11.5 Å². The van der Waals surface area contributed by atoms with Gasteiger partial charge in [-0.1, -0.05) is 29.5 Å². The fourth-order valence-electron chi connectivity index (χ4n) is 1.71. The highest BCUT2D eigenvalue weighted by Gasteiger charge is 2.04. The van der Waals surface area contributed by atoms with Gasteiger partial charge in [0.15, 0.2) is 0 Å². The third-order valence-electron chi connectivity index (χ3n) is 2.68. The van der Waals surface area contributed by atoms with E-state index in [2.05, 4.69) is 15.0 Å². The van der Waals surface area contributed by atoms with Crippen molar-refractivity contribution >= 4 is 17.4 Å². The highest BCUT2D eigenvalue weighted by molar-refractivity contribution is 7.14. The average Bonchev–Trinajstić information content (AvgIpc) is 2.95. The van der Waals surface area contributed by atoms with Gasteiger partial charge in [0, 0.05) is 11.1 Å². The third kappa shape index (κ3) is 5.65. The van der Waals surface area contributed by atoms with Gasteiger partial charge in [-0.2, -0.15) is 0 Å². The summed E-state index contributed by atoms with van der Waals surface area (Å²) in [5, 5.41) is 4.13. The molecule has 120 valence electrons. The Hall–Kier alpha value is -2.50. The smallest absolute Gasteiger partial charge is 0.279 e. The van der Waals surface area contributed by atoms with Crippen LogP contribution in [-0.4, -0.2) is 17.1 Å². The van der Waals surface area contributed by atoms with Crippen LogP contribution < -0.4 is 9.47 Å². The summed E-state index contributed by atoms with van der Waals surface area (Å²) in [5.74, 6) is 1.51. The van der Waals surface area contributed by atoms with Gasteiger partial charge in [0.2, 0.25) is 0 Å². The molecule has 0 bridgehead atoms. The van der Waals surface area contributed by atoms with E-state index in [1.165, 1.54) is 11.3 Å². The van der Waals surface area contributed by atoms with Crippen LogP contribution in [0.4, 0.5) is 0 Å². The fourth-order valence-corrected chi connectivity index (χ4v) is 2.40. The maximum absolute atomic E-state index is 8.36. The summed E-state index contributed by atoms with van der Waals surface area (Å²) in [6.07, 6.45) is 5.54. The lowest BCUT2D eigenvalue weighted by atomic mass is 10.3. The number of rotatable bonds is 7. The first-order valence-electron chi connectivity index (χ1n) is 7.19. The van der Waals surface area contributed by atoms with E-state index in [4.69, 9.17) is 15.0 Å². The highest BCUT2D eigenvalue weighted by Crippen LogP contribution is 2.28. The Balaban J connectivity index is 1.97. The monoisotopic (exact) mass is 330 g/mol. The first-order valence-corrected chi connectivity index (χ1v) is 8.01. The Morgan fingerprint density at radius 3 is 2.57 bits per heavy atom. The van der Waals surface area contributed by atoms with Crippen molar-refractivity contribution in [3.05, 3.63) is 51.9 Å². The van der Waals surface area contributed by atoms with E-state index in [9.17, 15) is 0 Å². The summed E-state index contributed by atoms with van der Waals surface area (Å²) < 4.78 is 11.3. The van der Waals surface area contributed by atoms with Gasteiger partial charge in [-0.25, -0.2) is 4.98 Å². The SMILES string of the molecule is CC(/C=C/c1cnc(Oc2ccc(OC(C)C)cc2)s1)N=[N+]=[N-]. The van der Waals surface area contributed by atoms with E-state index in [1.54, 1.807) is 6.20 Å². The van der Waals surface area contributed by atoms with E-state index in [0.29, 0.717) is 10.9 Å². The predicted molar refractivity (Wildman–Crippen MR) is 92.0 cm³/mol. The minimum Gasteiger partial charge on any atom is -0.491 e. The maximum atomic E-state index is 8.36. The van der Waals surface area contributed by atoms with Crippen molar-refractivity contribution in [3.8, 4) is 16.7 Å². The Labute approximate surface area is 139 Å². The molecule has 0 saturated heterocycles. The standard InChI is InChI=1S/C16H18N4O2S/c1-11(2)21-13-5-7-14(8-6-13)22-16-18-10-15(23-16)9-4-12(3)19-20-17/h4-12H,1-3H3/b9-4+. The van der Waals surface area contributed by atoms with Gasteiger partial charge in [0.25, 0.3) is 5.19 Å². The van der Waals surface area contributed by atoms with Crippen molar-refractivity contribution in [3.63, 3.8) is 0 Å². The van der Waals surface area contributed by atoms with Crippen LogP contribution in [0.25, 0.3) is 16.5 Å². The molecular weight excluding hydrogens is 312 g/mol. The molecule has 1 aromatic heterocycles. The van der Waals surface area contributed by atoms with E-state index < -0.39 is 0 Å². The molecule has 0 amide bonds. The van der Waals surface area contributed by atoms with E-state index in [-0.39, 0.29) is 12.1 Å². The zero-order valence-electron chi connectivity index (χ0n) is 13.2. The molecule has 23 heavy (non-hydrogen) atoms. The molecule has 0 fully saturated rings. The van der Waals surface area contributed by atoms with Crippen LogP contribution in [0.1, 0.15) is 25.6 Å². The first kappa shape index (κ1) is 16.9. The average molecular weight is 330 g/mol. The molecule has 1 heterocycles. The van der Waals surface area contributed by atoms with Crippen molar-refractivity contribution < 1.29 is 9.47 Å². The molecule has 2 aromatic rings. The van der Waals surface area contributed by atoms with Crippen molar-refractivity contribution in [2.45, 2.75) is 32.9 Å². The second kappa shape index (κ2) is 8.22. The van der Waals surface area contributed by atoms with Crippen molar-refractivity contribution in [1.82, 2.24) is 4.98 Å². The summed E-state index contributed by atoms with van der Waals surface area (Å²) >= 11 is 1.42. The highest BCUT2D eigenvalue weighted by atomic mass is 32.1. The lowest BCUT2D eigenvalue weighted by Crippen LogP contribution is -2.05. The first-order chi connectivity index (χ1) is 11.1. The van der Waals surface area contributed by atoms with E-state index in [1.807, 2.05) is 57.2 Å². The van der Waals surface area contributed by atoms with Crippen LogP contribution in [-0.2, 0) is 0 Å². The van der Waals surface area contributed by atoms with E-state index >= 15 is 0 Å². The molecule has 1 unspecified atom stereocenters. The molecule has 6 nitrogen and oxygen atoms in total. The molecule has 0 N–H and O–H groups in total. The summed E-state index contributed by atoms with van der Waals surface area (Å²) in [4.78, 5) is 7.91. The van der Waals surface area contributed by atoms with Crippen molar-refractivity contribution in [2.24, 2.45) is 5.11 Å². The number of benzene rings is 1. The minimum atomic E-state index is -0.194. The molecule has 0 spiro atoms. The molecule has 0 aliphatic rings. The molecule has 1 atom stereocenters. The van der Waals surface area contributed by atoms with Crippen molar-refractivity contribution in [1.29, 1.82) is 0 Å². The lowest BCUT2D eigenvalue weighted by molar-refractivity contribution is 0.242. The van der Waals surface area contributed by atoms with E-state index in [0.717, 1.165) is 10.6 Å². The molecule has 1 aromatic carbocycles. The number of hydrogen-bond donors (Lipinski definition) is 0. The summed E-state index contributed by atoms with van der Waals surface area (Å²) in [6, 6.07) is 7.23. The van der Waals surface area contributed by atoms with Gasteiger partial charge in [-0.3, -0.25) is 0 Å². The topological polar surface area (TPSA) is 80.1 Å². The fraction of sp³-hybridized carbons (Fsp3) is 0.312. The molecule has 0 radical (unpaired) electrons. The number of thiazole rings is 1. The molecule has 0 saturated carbocycles. The molecule has 0 aliphatic carbocycles. The second-order valence-electron chi connectivity index (χ2n) is 5.07. The summed E-state index contributed by atoms with van der Waals surface area (Å²) in [5.41, 5.74) is 8.36. The molecule has 2 rings (SSSR count). The van der Waals surface area contributed by atoms with Gasteiger partial charge < -0.3 is 9.47 Å². The zero-order chi connectivity index (χ0) is 16.7. The summed E-state index contributed by atoms with van der Waals surface area (Å²) in [6.45, 7) is 5.78. The van der Waals surface area contributed by atoms with Crippen molar-refractivity contribution in [2.75, 3.05) is 0 Å². The number of nitrogens with zero attached hydrogens (tertiary/aromatic N) is 4. The Bertz CT molecular complexity index is 703. The summed E-state index contributed by atoms with van der Waals surface area (Å²) in [7, 11) is 0. The normalized spacial score (nSPS) is 12.2. The molecule has 7 heteroatoms. The molecule has 0 aliphatic heterocycles. The zero-order valence-corrected chi connectivity index (χ0v) is 14.0. The van der Waals surface area contributed by atoms with Crippen LogP contribution in [0.5, 0.6) is 16.7 Å². The van der Waals surface area contributed by atoms with Crippen LogP contribution in [0, 0.1) is 0 Å². The van der Waals surface area contributed by atoms with Crippen LogP contribution in [0.3, 0.4) is 0 Å². The largest absolute Gasteiger partial charge is 0.491 e. The number of ether oxygens (including phenoxy) is 2. The second-order valence-corrected chi connectivity index (χ2v) is 6.10. The number of azide groups is 1. The Morgan fingerprint density at radius 2 is 1.91 bits per heavy atom. The van der Waals surface area contributed by atoms with Crippen LogP contribution >= 0.6 is 11.3 Å². The lowest BCUT2D eigenvalue weighted by Gasteiger charge is -2.09. The third-order valence-corrected chi connectivity index (χ3v) is 3.52. The van der Waals surface area contributed by atoms with Crippen LogP contribution in [0.2, 0.25) is 0 Å². The maximum Gasteiger partial charge on any atom is 0.279 e. The van der Waals surface area contributed by atoms with Gasteiger partial charge in [0.05, 0.1) is 17.0 Å². The van der Waals surface area contributed by atoms with Crippen LogP contribution in [0.15, 0.2) is 41.7 Å². The Morgan fingerprint density at radius 1 is 1.22 bits per heavy atom. The Kier molecular flexibility index (Phi) is 6.02. The quantitative estimate of drug-likeness (QED) is 0.385. The minimum absolute atomic E-state index is 0.142.